The van der Waals surface area contributed by atoms with E-state index in [-0.39, 0.29) is 17.8 Å². The maximum atomic E-state index is 9.90. The Labute approximate surface area is 105 Å². The van der Waals surface area contributed by atoms with Crippen molar-refractivity contribution >= 4 is 0 Å². The van der Waals surface area contributed by atoms with Crippen LogP contribution in [0.3, 0.4) is 0 Å². The van der Waals surface area contributed by atoms with Crippen molar-refractivity contribution in [1.82, 2.24) is 4.90 Å². The largest absolute Gasteiger partial charge is 0.389 e. The lowest BCUT2D eigenvalue weighted by Crippen LogP contribution is -2.53. The summed E-state index contributed by atoms with van der Waals surface area (Å²) >= 11 is 0. The Morgan fingerprint density at radius 1 is 1.47 bits per heavy atom. The molecule has 17 heavy (non-hydrogen) atoms. The average molecular weight is 245 g/mol. The van der Waals surface area contributed by atoms with E-state index < -0.39 is 6.10 Å². The van der Waals surface area contributed by atoms with Crippen molar-refractivity contribution in [1.29, 1.82) is 0 Å². The van der Waals surface area contributed by atoms with Gasteiger partial charge in [-0.3, -0.25) is 4.90 Å². The lowest BCUT2D eigenvalue weighted by atomic mass is 10.1. The number of ether oxygens (including phenoxy) is 2. The third kappa shape index (κ3) is 5.82. The average Bonchev–Trinajstić information content (AvgIpc) is 2.11. The number of nitrogens with zero attached hydrogens (tertiary/aromatic N) is 1. The Balaban J connectivity index is 2.35. The van der Waals surface area contributed by atoms with Gasteiger partial charge in [0, 0.05) is 19.6 Å². The van der Waals surface area contributed by atoms with Gasteiger partial charge in [-0.05, 0) is 34.6 Å². The van der Waals surface area contributed by atoms with Gasteiger partial charge in [0.15, 0.2) is 0 Å². The zero-order chi connectivity index (χ0) is 13.1. The van der Waals surface area contributed by atoms with E-state index in [0.29, 0.717) is 13.2 Å². The second-order valence-corrected chi connectivity index (χ2v) is 5.92. The molecule has 2 unspecified atom stereocenters. The van der Waals surface area contributed by atoms with Gasteiger partial charge in [-0.15, -0.1) is 0 Å². The minimum atomic E-state index is -0.418. The van der Waals surface area contributed by atoms with E-state index >= 15 is 0 Å². The van der Waals surface area contributed by atoms with E-state index in [9.17, 15) is 5.11 Å². The van der Waals surface area contributed by atoms with Gasteiger partial charge in [0.05, 0.1) is 30.5 Å². The van der Waals surface area contributed by atoms with Crippen LogP contribution in [0.15, 0.2) is 0 Å². The summed E-state index contributed by atoms with van der Waals surface area (Å²) in [4.78, 5) is 2.25. The van der Waals surface area contributed by atoms with Gasteiger partial charge in [-0.1, -0.05) is 0 Å². The van der Waals surface area contributed by atoms with Crippen molar-refractivity contribution < 1.29 is 14.6 Å². The number of β-amino-alcohol motifs (C(OH)–C–C–N with tert-alkyl or cyclic N) is 1. The molecule has 1 fully saturated rings. The molecule has 0 aliphatic carbocycles. The summed E-state index contributed by atoms with van der Waals surface area (Å²) in [5.74, 6) is 0. The zero-order valence-electron chi connectivity index (χ0n) is 11.8. The fourth-order valence-electron chi connectivity index (χ4n) is 2.38. The topological polar surface area (TPSA) is 41.9 Å². The molecule has 4 nitrogen and oxygen atoms in total. The Kier molecular flexibility index (Phi) is 5.38. The number of hydrogen-bond donors (Lipinski definition) is 1. The van der Waals surface area contributed by atoms with Crippen molar-refractivity contribution in [3.63, 3.8) is 0 Å². The van der Waals surface area contributed by atoms with Gasteiger partial charge >= 0.3 is 0 Å². The Morgan fingerprint density at radius 3 is 2.65 bits per heavy atom. The summed E-state index contributed by atoms with van der Waals surface area (Å²) < 4.78 is 11.2. The van der Waals surface area contributed by atoms with E-state index in [1.165, 1.54) is 0 Å². The molecule has 1 saturated heterocycles. The molecule has 0 aromatic rings. The van der Waals surface area contributed by atoms with Gasteiger partial charge in [-0.2, -0.15) is 0 Å². The predicted octanol–water partition coefficient (Wildman–Crippen LogP) is 1.27. The highest BCUT2D eigenvalue weighted by Crippen LogP contribution is 2.20. The fourth-order valence-corrected chi connectivity index (χ4v) is 2.38. The molecule has 1 aliphatic rings. The highest BCUT2D eigenvalue weighted by Gasteiger charge is 2.31. The summed E-state index contributed by atoms with van der Waals surface area (Å²) in [6.45, 7) is 13.0. The molecule has 2 atom stereocenters. The lowest BCUT2D eigenvalue weighted by molar-refractivity contribution is -0.136. The normalized spacial score (nSPS) is 27.4. The Bertz CT molecular complexity index is 231. The lowest BCUT2D eigenvalue weighted by Gasteiger charge is -2.42. The second kappa shape index (κ2) is 6.14. The second-order valence-electron chi connectivity index (χ2n) is 5.92. The SMILES string of the molecule is CC(C)OCC(O)CN1CC(C)OC(C)(C)C1. The molecular weight excluding hydrogens is 218 g/mol. The number of hydrogen-bond acceptors (Lipinski definition) is 4. The number of rotatable bonds is 5. The van der Waals surface area contributed by atoms with Crippen LogP contribution in [0.25, 0.3) is 0 Å². The third-order valence-corrected chi connectivity index (χ3v) is 2.73. The molecule has 0 aromatic carbocycles. The summed E-state index contributed by atoms with van der Waals surface area (Å²) in [7, 11) is 0. The molecule has 1 heterocycles. The van der Waals surface area contributed by atoms with Crippen molar-refractivity contribution in [2.45, 2.75) is 58.5 Å². The van der Waals surface area contributed by atoms with Crippen molar-refractivity contribution in [2.75, 3.05) is 26.2 Å². The minimum absolute atomic E-state index is 0.129. The maximum absolute atomic E-state index is 9.90. The molecule has 0 saturated carbocycles. The Hall–Kier alpha value is -0.160. The van der Waals surface area contributed by atoms with E-state index in [1.807, 2.05) is 13.8 Å². The monoisotopic (exact) mass is 245 g/mol. The van der Waals surface area contributed by atoms with Crippen LogP contribution in [0.2, 0.25) is 0 Å². The van der Waals surface area contributed by atoms with Crippen molar-refractivity contribution in [3.8, 4) is 0 Å². The molecule has 0 aromatic heterocycles. The summed E-state index contributed by atoms with van der Waals surface area (Å²) in [6, 6.07) is 0. The van der Waals surface area contributed by atoms with Crippen LogP contribution in [-0.2, 0) is 9.47 Å². The van der Waals surface area contributed by atoms with Crippen molar-refractivity contribution in [2.24, 2.45) is 0 Å². The molecule has 0 amide bonds. The van der Waals surface area contributed by atoms with Crippen LogP contribution >= 0.6 is 0 Å². The maximum Gasteiger partial charge on any atom is 0.0900 e. The van der Waals surface area contributed by atoms with Gasteiger partial charge in [-0.25, -0.2) is 0 Å². The quantitative estimate of drug-likeness (QED) is 0.792. The molecule has 0 radical (unpaired) electrons. The van der Waals surface area contributed by atoms with Gasteiger partial charge in [0.25, 0.3) is 0 Å². The van der Waals surface area contributed by atoms with Crippen LogP contribution < -0.4 is 0 Å². The summed E-state index contributed by atoms with van der Waals surface area (Å²) in [5.41, 5.74) is -0.129. The van der Waals surface area contributed by atoms with Crippen LogP contribution in [0.5, 0.6) is 0 Å². The highest BCUT2D eigenvalue weighted by molar-refractivity contribution is 4.83. The standard InChI is InChI=1S/C13H27NO3/c1-10(2)16-8-12(15)7-14-6-11(3)17-13(4,5)9-14/h10-12,15H,6-9H2,1-5H3. The highest BCUT2D eigenvalue weighted by atomic mass is 16.5. The predicted molar refractivity (Wildman–Crippen MR) is 68.2 cm³/mol. The number of morpholine rings is 1. The molecule has 1 rings (SSSR count). The van der Waals surface area contributed by atoms with Crippen molar-refractivity contribution in [3.05, 3.63) is 0 Å². The summed E-state index contributed by atoms with van der Waals surface area (Å²) in [6.07, 6.45) is -0.0276. The molecule has 1 N–H and O–H groups in total. The van der Waals surface area contributed by atoms with E-state index in [2.05, 4.69) is 25.7 Å². The molecule has 0 spiro atoms. The smallest absolute Gasteiger partial charge is 0.0900 e. The number of aliphatic hydroxyl groups excluding tert-OH is 1. The number of aliphatic hydroxyl groups is 1. The fraction of sp³-hybridized carbons (Fsp3) is 1.00. The van der Waals surface area contributed by atoms with E-state index in [0.717, 1.165) is 13.1 Å². The van der Waals surface area contributed by atoms with Crippen LogP contribution in [0.4, 0.5) is 0 Å². The van der Waals surface area contributed by atoms with E-state index in [1.54, 1.807) is 0 Å². The first kappa shape index (κ1) is 14.9. The van der Waals surface area contributed by atoms with Gasteiger partial charge in [0.2, 0.25) is 0 Å². The molecule has 0 bridgehead atoms. The van der Waals surface area contributed by atoms with Gasteiger partial charge < -0.3 is 14.6 Å². The first-order valence-corrected chi connectivity index (χ1v) is 6.48. The third-order valence-electron chi connectivity index (χ3n) is 2.73. The first-order valence-electron chi connectivity index (χ1n) is 6.48. The van der Waals surface area contributed by atoms with Crippen LogP contribution in [0.1, 0.15) is 34.6 Å². The molecule has 1 aliphatic heterocycles. The van der Waals surface area contributed by atoms with Crippen LogP contribution in [-0.4, -0.2) is 60.2 Å². The Morgan fingerprint density at radius 2 is 2.12 bits per heavy atom. The molecule has 102 valence electrons. The molecular formula is C13H27NO3. The summed E-state index contributed by atoms with van der Waals surface area (Å²) in [5, 5.41) is 9.90. The van der Waals surface area contributed by atoms with Gasteiger partial charge in [0.1, 0.15) is 0 Å². The zero-order valence-corrected chi connectivity index (χ0v) is 11.8. The first-order chi connectivity index (χ1) is 7.78. The van der Waals surface area contributed by atoms with E-state index in [4.69, 9.17) is 9.47 Å². The minimum Gasteiger partial charge on any atom is -0.389 e. The van der Waals surface area contributed by atoms with Crippen LogP contribution in [0, 0.1) is 0 Å². The molecule has 4 heteroatoms.